The van der Waals surface area contributed by atoms with Crippen molar-refractivity contribution in [3.05, 3.63) is 36.5 Å². The quantitative estimate of drug-likeness (QED) is 0.0320. The molecule has 0 aromatic carbocycles. The molecule has 0 rings (SSSR count). The molecule has 0 spiro atoms. The van der Waals surface area contributed by atoms with Crippen molar-refractivity contribution >= 4 is 11.9 Å². The van der Waals surface area contributed by atoms with Crippen LogP contribution in [0.4, 0.5) is 0 Å². The molecule has 0 saturated carbocycles. The first kappa shape index (κ1) is 72.1. The lowest BCUT2D eigenvalue weighted by Crippen LogP contribution is -2.45. The second kappa shape index (κ2) is 63.6. The largest absolute Gasteiger partial charge is 0.466 e. The lowest BCUT2D eigenvalue weighted by Gasteiger charge is -2.22. The van der Waals surface area contributed by atoms with E-state index in [2.05, 4.69) is 55.6 Å². The first-order valence-corrected chi connectivity index (χ1v) is 33.2. The topological polar surface area (TPSA) is 95.9 Å². The van der Waals surface area contributed by atoms with Crippen LogP contribution in [0.1, 0.15) is 361 Å². The Labute approximate surface area is 462 Å². The Morgan fingerprint density at radius 3 is 1.08 bits per heavy atom. The predicted molar refractivity (Wildman–Crippen MR) is 324 cm³/mol. The smallest absolute Gasteiger partial charge is 0.305 e. The van der Waals surface area contributed by atoms with Gasteiger partial charge < -0.3 is 20.3 Å². The lowest BCUT2D eigenvalue weighted by molar-refractivity contribution is -0.143. The number of aliphatic hydroxyl groups excluding tert-OH is 2. The van der Waals surface area contributed by atoms with E-state index in [-0.39, 0.29) is 18.5 Å². The summed E-state index contributed by atoms with van der Waals surface area (Å²) < 4.78 is 5.48. The SMILES string of the molecule is CCCC/C=C\C/C=C\CCCCCCCC(=O)OCCCCCCCCCCCCCC/C=C\CCCCCCCCCCCCCCCCCCC(=O)NC(CO)C(O)CCCCCCCCCCCCC. The average Bonchev–Trinajstić information content (AvgIpc) is 3.40. The summed E-state index contributed by atoms with van der Waals surface area (Å²) in [6, 6.07) is -0.538. The highest BCUT2D eigenvalue weighted by molar-refractivity contribution is 5.76. The van der Waals surface area contributed by atoms with Gasteiger partial charge in [0.25, 0.3) is 0 Å². The number of carbonyl (C=O) groups is 2. The average molecular weight is 1040 g/mol. The van der Waals surface area contributed by atoms with Crippen molar-refractivity contribution in [1.29, 1.82) is 0 Å². The fraction of sp³-hybridized carbons (Fsp3) is 0.882. The third kappa shape index (κ3) is 59.3. The Morgan fingerprint density at radius 2 is 0.689 bits per heavy atom. The summed E-state index contributed by atoms with van der Waals surface area (Å²) in [5.74, 6) is -0.0287. The summed E-state index contributed by atoms with van der Waals surface area (Å²) in [4.78, 5) is 24.5. The summed E-state index contributed by atoms with van der Waals surface area (Å²) in [6.45, 7) is 4.92. The van der Waals surface area contributed by atoms with Gasteiger partial charge in [-0.15, -0.1) is 0 Å². The minimum atomic E-state index is -0.661. The van der Waals surface area contributed by atoms with Crippen LogP contribution in [-0.4, -0.2) is 47.4 Å². The van der Waals surface area contributed by atoms with E-state index in [4.69, 9.17) is 4.74 Å². The lowest BCUT2D eigenvalue weighted by atomic mass is 10.0. The highest BCUT2D eigenvalue weighted by Gasteiger charge is 2.20. The fourth-order valence-electron chi connectivity index (χ4n) is 10.3. The number of unbranched alkanes of at least 4 members (excludes halogenated alkanes) is 45. The zero-order valence-corrected chi connectivity index (χ0v) is 49.8. The number of hydrogen-bond acceptors (Lipinski definition) is 5. The van der Waals surface area contributed by atoms with Crippen molar-refractivity contribution in [2.24, 2.45) is 0 Å². The van der Waals surface area contributed by atoms with Crippen LogP contribution in [0.25, 0.3) is 0 Å². The first-order valence-electron chi connectivity index (χ1n) is 33.2. The van der Waals surface area contributed by atoms with Crippen LogP contribution in [0.15, 0.2) is 36.5 Å². The monoisotopic (exact) mass is 1040 g/mol. The molecule has 0 aliphatic heterocycles. The fourth-order valence-corrected chi connectivity index (χ4v) is 10.3. The van der Waals surface area contributed by atoms with Gasteiger partial charge >= 0.3 is 5.97 Å². The summed E-state index contributed by atoms with van der Waals surface area (Å²) in [6.07, 6.45) is 80.5. The molecule has 0 saturated heterocycles. The van der Waals surface area contributed by atoms with E-state index in [1.54, 1.807) is 0 Å². The van der Waals surface area contributed by atoms with Crippen molar-refractivity contribution in [1.82, 2.24) is 5.32 Å². The van der Waals surface area contributed by atoms with Gasteiger partial charge in [0.05, 0.1) is 25.4 Å². The molecule has 1 amide bonds. The van der Waals surface area contributed by atoms with E-state index in [0.717, 1.165) is 51.4 Å². The van der Waals surface area contributed by atoms with Crippen LogP contribution in [0.5, 0.6) is 0 Å². The third-order valence-corrected chi connectivity index (χ3v) is 15.4. The molecule has 0 aliphatic carbocycles. The van der Waals surface area contributed by atoms with Gasteiger partial charge in [0, 0.05) is 12.8 Å². The van der Waals surface area contributed by atoms with Gasteiger partial charge in [0.15, 0.2) is 0 Å². The molecular formula is C68H129NO5. The summed E-state index contributed by atoms with van der Waals surface area (Å²) in [7, 11) is 0. The predicted octanol–water partition coefficient (Wildman–Crippen LogP) is 21.1. The van der Waals surface area contributed by atoms with Crippen molar-refractivity contribution < 1.29 is 24.5 Å². The van der Waals surface area contributed by atoms with Gasteiger partial charge in [-0.1, -0.05) is 307 Å². The maximum atomic E-state index is 12.5. The Hall–Kier alpha value is -1.92. The third-order valence-electron chi connectivity index (χ3n) is 15.4. The van der Waals surface area contributed by atoms with E-state index < -0.39 is 12.1 Å². The molecular weight excluding hydrogens is 911 g/mol. The first-order chi connectivity index (χ1) is 36.5. The highest BCUT2D eigenvalue weighted by Crippen LogP contribution is 2.18. The molecule has 0 heterocycles. The summed E-state index contributed by atoms with van der Waals surface area (Å²) in [5, 5.41) is 23.2. The number of aliphatic hydroxyl groups is 2. The van der Waals surface area contributed by atoms with E-state index >= 15 is 0 Å². The minimum absolute atomic E-state index is 0.00354. The standard InChI is InChI=1S/C68H129NO5/c1-3-5-7-9-11-13-15-16-38-42-46-50-54-58-62-68(73)74-63-59-55-51-47-43-39-36-34-32-30-28-26-24-22-20-18-17-19-21-23-25-27-29-31-33-35-37-41-45-49-53-57-61-67(72)69-65(64-70)66(71)60-56-52-48-44-40-14-12-10-8-6-4-2/h9,11,15-16,20,22,65-66,70-71H,3-8,10,12-14,17-19,21,23-64H2,1-2H3,(H,69,72)/b11-9-,16-15-,22-20-. The van der Waals surface area contributed by atoms with Gasteiger partial charge in [-0.25, -0.2) is 0 Å². The van der Waals surface area contributed by atoms with Crippen molar-refractivity contribution in [2.45, 2.75) is 373 Å². The number of nitrogens with one attached hydrogen (secondary N) is 1. The number of ether oxygens (including phenoxy) is 1. The second-order valence-corrected chi connectivity index (χ2v) is 22.8. The molecule has 0 aromatic rings. The number of allylic oxidation sites excluding steroid dienone is 6. The number of hydrogen-bond donors (Lipinski definition) is 3. The second-order valence-electron chi connectivity index (χ2n) is 22.8. The number of rotatable bonds is 62. The van der Waals surface area contributed by atoms with Crippen molar-refractivity contribution in [3.8, 4) is 0 Å². The van der Waals surface area contributed by atoms with Crippen LogP contribution in [0, 0.1) is 0 Å². The molecule has 3 N–H and O–H groups in total. The maximum Gasteiger partial charge on any atom is 0.305 e. The normalized spacial score (nSPS) is 12.8. The van der Waals surface area contributed by atoms with E-state index in [9.17, 15) is 19.8 Å². The molecule has 74 heavy (non-hydrogen) atoms. The van der Waals surface area contributed by atoms with Gasteiger partial charge in [0.1, 0.15) is 0 Å². The summed E-state index contributed by atoms with van der Waals surface area (Å²) >= 11 is 0. The van der Waals surface area contributed by atoms with Crippen LogP contribution in [0.2, 0.25) is 0 Å². The van der Waals surface area contributed by atoms with Crippen molar-refractivity contribution in [3.63, 3.8) is 0 Å². The van der Waals surface area contributed by atoms with Crippen LogP contribution >= 0.6 is 0 Å². The van der Waals surface area contributed by atoms with Gasteiger partial charge in [-0.2, -0.15) is 0 Å². The molecule has 436 valence electrons. The molecule has 0 aromatic heterocycles. The highest BCUT2D eigenvalue weighted by atomic mass is 16.5. The molecule has 6 nitrogen and oxygen atoms in total. The van der Waals surface area contributed by atoms with E-state index in [1.807, 2.05) is 0 Å². The van der Waals surface area contributed by atoms with E-state index in [0.29, 0.717) is 25.9 Å². The molecule has 2 atom stereocenters. The summed E-state index contributed by atoms with van der Waals surface area (Å²) in [5.41, 5.74) is 0. The maximum absolute atomic E-state index is 12.5. The Kier molecular flexibility index (Phi) is 62.0. The van der Waals surface area contributed by atoms with Gasteiger partial charge in [-0.05, 0) is 77.0 Å². The molecule has 6 heteroatoms. The van der Waals surface area contributed by atoms with Crippen LogP contribution in [0.3, 0.4) is 0 Å². The number of esters is 1. The van der Waals surface area contributed by atoms with Crippen LogP contribution in [-0.2, 0) is 14.3 Å². The zero-order chi connectivity index (χ0) is 53.6. The van der Waals surface area contributed by atoms with E-state index in [1.165, 1.54) is 276 Å². The minimum Gasteiger partial charge on any atom is -0.466 e. The molecule has 0 bridgehead atoms. The van der Waals surface area contributed by atoms with Gasteiger partial charge in [-0.3, -0.25) is 9.59 Å². The van der Waals surface area contributed by atoms with Crippen LogP contribution < -0.4 is 5.32 Å². The Balaban J connectivity index is 3.34. The number of amides is 1. The molecule has 0 aliphatic rings. The van der Waals surface area contributed by atoms with Gasteiger partial charge in [0.2, 0.25) is 5.91 Å². The molecule has 0 radical (unpaired) electrons. The Morgan fingerprint density at radius 1 is 0.378 bits per heavy atom. The number of carbonyl (C=O) groups excluding carboxylic acids is 2. The Bertz CT molecular complexity index is 1200. The van der Waals surface area contributed by atoms with Crippen molar-refractivity contribution in [2.75, 3.05) is 13.2 Å². The molecule has 2 unspecified atom stereocenters. The zero-order valence-electron chi connectivity index (χ0n) is 49.8. The molecule has 0 fully saturated rings.